The third kappa shape index (κ3) is 2.86. The van der Waals surface area contributed by atoms with Crippen molar-refractivity contribution in [3.8, 4) is 17.4 Å². The van der Waals surface area contributed by atoms with Crippen LogP contribution in [0.15, 0.2) is 35.8 Å². The molecule has 1 atom stereocenters. The van der Waals surface area contributed by atoms with Crippen molar-refractivity contribution in [2.24, 2.45) is 5.73 Å². The number of imidazole rings is 1. The Bertz CT molecular complexity index is 748. The van der Waals surface area contributed by atoms with Crippen LogP contribution in [0.4, 0.5) is 0 Å². The Morgan fingerprint density at radius 3 is 2.95 bits per heavy atom. The fraction of sp³-hybridized carbons (Fsp3) is 0.267. The van der Waals surface area contributed by atoms with Crippen LogP contribution in [-0.4, -0.2) is 22.5 Å². The highest BCUT2D eigenvalue weighted by Crippen LogP contribution is 2.30. The maximum atomic E-state index is 5.94. The molecule has 2 N–H and O–H groups in total. The van der Waals surface area contributed by atoms with Crippen molar-refractivity contribution in [1.29, 1.82) is 0 Å². The number of benzene rings is 1. The molecule has 5 nitrogen and oxygen atoms in total. The molecule has 0 saturated heterocycles. The molecule has 0 aliphatic carbocycles. The summed E-state index contributed by atoms with van der Waals surface area (Å²) in [5.41, 5.74) is 6.93. The summed E-state index contributed by atoms with van der Waals surface area (Å²) in [4.78, 5) is 5.45. The Labute approximate surface area is 126 Å². The molecule has 0 saturated carbocycles. The molecule has 2 heterocycles. The second kappa shape index (κ2) is 5.75. The third-order valence-corrected chi connectivity index (χ3v) is 3.85. The lowest BCUT2D eigenvalue weighted by molar-refractivity contribution is 0.406. The van der Waals surface area contributed by atoms with E-state index in [0.717, 1.165) is 16.4 Å². The summed E-state index contributed by atoms with van der Waals surface area (Å²) in [6, 6.07) is 7.52. The SMILES string of the molecule is COc1cccc(Oc2nc3sccn3c2CC(C)N)c1. The Hall–Kier alpha value is -2.05. The quantitative estimate of drug-likeness (QED) is 0.787. The van der Waals surface area contributed by atoms with E-state index in [9.17, 15) is 0 Å². The molecule has 3 aromatic rings. The molecule has 0 aliphatic heterocycles. The molecule has 0 amide bonds. The molecule has 1 aromatic carbocycles. The average Bonchev–Trinajstić information content (AvgIpc) is 3.02. The van der Waals surface area contributed by atoms with Crippen molar-refractivity contribution in [3.05, 3.63) is 41.5 Å². The van der Waals surface area contributed by atoms with Crippen LogP contribution in [0.1, 0.15) is 12.6 Å². The topological polar surface area (TPSA) is 61.8 Å². The van der Waals surface area contributed by atoms with Gasteiger partial charge in [-0.3, -0.25) is 4.40 Å². The fourth-order valence-corrected chi connectivity index (χ4v) is 2.89. The van der Waals surface area contributed by atoms with Gasteiger partial charge in [0.2, 0.25) is 5.88 Å². The molecule has 0 radical (unpaired) electrons. The lowest BCUT2D eigenvalue weighted by Crippen LogP contribution is -2.19. The molecular weight excluding hydrogens is 286 g/mol. The zero-order chi connectivity index (χ0) is 14.8. The lowest BCUT2D eigenvalue weighted by atomic mass is 10.2. The summed E-state index contributed by atoms with van der Waals surface area (Å²) in [5, 5.41) is 2.00. The fourth-order valence-electron chi connectivity index (χ4n) is 2.16. The van der Waals surface area contributed by atoms with Gasteiger partial charge in [-0.05, 0) is 19.1 Å². The first-order valence-electron chi connectivity index (χ1n) is 6.69. The Balaban J connectivity index is 1.97. The van der Waals surface area contributed by atoms with E-state index in [-0.39, 0.29) is 6.04 Å². The van der Waals surface area contributed by atoms with Gasteiger partial charge < -0.3 is 15.2 Å². The second-order valence-electron chi connectivity index (χ2n) is 4.88. The number of ether oxygens (including phenoxy) is 2. The van der Waals surface area contributed by atoms with E-state index in [1.54, 1.807) is 18.4 Å². The highest BCUT2D eigenvalue weighted by atomic mass is 32.1. The van der Waals surface area contributed by atoms with Gasteiger partial charge in [-0.25, -0.2) is 0 Å². The highest BCUT2D eigenvalue weighted by molar-refractivity contribution is 7.15. The minimum atomic E-state index is 0.0393. The van der Waals surface area contributed by atoms with Crippen LogP contribution >= 0.6 is 11.3 Å². The number of fused-ring (bicyclic) bond motifs is 1. The summed E-state index contributed by atoms with van der Waals surface area (Å²) >= 11 is 1.57. The number of hydrogen-bond donors (Lipinski definition) is 1. The second-order valence-corrected chi connectivity index (χ2v) is 5.75. The molecule has 3 rings (SSSR count). The van der Waals surface area contributed by atoms with Gasteiger partial charge in [0.25, 0.3) is 0 Å². The number of hydrogen-bond acceptors (Lipinski definition) is 5. The maximum Gasteiger partial charge on any atom is 0.242 e. The van der Waals surface area contributed by atoms with Crippen LogP contribution in [-0.2, 0) is 6.42 Å². The van der Waals surface area contributed by atoms with Crippen molar-refractivity contribution in [2.45, 2.75) is 19.4 Å². The molecule has 0 spiro atoms. The minimum absolute atomic E-state index is 0.0393. The van der Waals surface area contributed by atoms with Crippen molar-refractivity contribution < 1.29 is 9.47 Å². The largest absolute Gasteiger partial charge is 0.497 e. The van der Waals surface area contributed by atoms with Crippen LogP contribution in [0.2, 0.25) is 0 Å². The van der Waals surface area contributed by atoms with Gasteiger partial charge in [0.1, 0.15) is 11.5 Å². The Morgan fingerprint density at radius 2 is 2.19 bits per heavy atom. The van der Waals surface area contributed by atoms with Gasteiger partial charge in [-0.15, -0.1) is 11.3 Å². The summed E-state index contributed by atoms with van der Waals surface area (Å²) < 4.78 is 13.2. The van der Waals surface area contributed by atoms with Gasteiger partial charge in [-0.1, -0.05) is 6.07 Å². The van der Waals surface area contributed by atoms with Crippen LogP contribution in [0.3, 0.4) is 0 Å². The van der Waals surface area contributed by atoms with Crippen LogP contribution < -0.4 is 15.2 Å². The molecular formula is C15H17N3O2S. The number of aromatic nitrogens is 2. The van der Waals surface area contributed by atoms with Crippen LogP contribution in [0, 0.1) is 0 Å². The minimum Gasteiger partial charge on any atom is -0.497 e. The van der Waals surface area contributed by atoms with Crippen molar-refractivity contribution >= 4 is 16.3 Å². The Morgan fingerprint density at radius 1 is 1.38 bits per heavy atom. The van der Waals surface area contributed by atoms with Crippen LogP contribution in [0.25, 0.3) is 4.96 Å². The standard InChI is InChI=1S/C15H17N3O2S/c1-10(16)8-13-14(17-15-18(13)6-7-21-15)20-12-5-3-4-11(9-12)19-2/h3-7,9-10H,8,16H2,1-2H3. The van der Waals surface area contributed by atoms with E-state index in [2.05, 4.69) is 4.98 Å². The predicted molar refractivity (Wildman–Crippen MR) is 83.5 cm³/mol. The number of thiazole rings is 1. The molecule has 110 valence electrons. The van der Waals surface area contributed by atoms with E-state index in [4.69, 9.17) is 15.2 Å². The Kier molecular flexibility index (Phi) is 3.81. The molecule has 0 bridgehead atoms. The average molecular weight is 303 g/mol. The zero-order valence-electron chi connectivity index (χ0n) is 11.9. The first kappa shape index (κ1) is 13.9. The van der Waals surface area contributed by atoms with E-state index in [0.29, 0.717) is 18.1 Å². The van der Waals surface area contributed by atoms with Crippen molar-refractivity contribution in [1.82, 2.24) is 9.38 Å². The molecule has 6 heteroatoms. The number of nitrogens with two attached hydrogens (primary N) is 1. The first-order chi connectivity index (χ1) is 10.2. The molecule has 1 unspecified atom stereocenters. The summed E-state index contributed by atoms with van der Waals surface area (Å²) in [6.07, 6.45) is 2.69. The van der Waals surface area contributed by atoms with Crippen molar-refractivity contribution in [3.63, 3.8) is 0 Å². The summed E-state index contributed by atoms with van der Waals surface area (Å²) in [5.74, 6) is 2.06. The highest BCUT2D eigenvalue weighted by Gasteiger charge is 2.16. The number of methoxy groups -OCH3 is 1. The molecule has 0 aliphatic rings. The maximum absolute atomic E-state index is 5.94. The third-order valence-electron chi connectivity index (χ3n) is 3.10. The zero-order valence-corrected chi connectivity index (χ0v) is 12.8. The van der Waals surface area contributed by atoms with Gasteiger partial charge in [0, 0.05) is 30.1 Å². The predicted octanol–water partition coefficient (Wildman–Crippen LogP) is 3.09. The smallest absolute Gasteiger partial charge is 0.242 e. The summed E-state index contributed by atoms with van der Waals surface area (Å²) in [7, 11) is 1.63. The lowest BCUT2D eigenvalue weighted by Gasteiger charge is -2.09. The first-order valence-corrected chi connectivity index (χ1v) is 7.57. The van der Waals surface area contributed by atoms with Gasteiger partial charge in [0.15, 0.2) is 4.96 Å². The monoisotopic (exact) mass is 303 g/mol. The molecule has 0 fully saturated rings. The van der Waals surface area contributed by atoms with Gasteiger partial charge in [-0.2, -0.15) is 4.98 Å². The number of rotatable bonds is 5. The summed E-state index contributed by atoms with van der Waals surface area (Å²) in [6.45, 7) is 1.97. The molecule has 21 heavy (non-hydrogen) atoms. The van der Waals surface area contributed by atoms with E-state index in [1.165, 1.54) is 0 Å². The van der Waals surface area contributed by atoms with E-state index in [1.807, 2.05) is 47.2 Å². The van der Waals surface area contributed by atoms with Gasteiger partial charge >= 0.3 is 0 Å². The van der Waals surface area contributed by atoms with E-state index >= 15 is 0 Å². The van der Waals surface area contributed by atoms with Crippen molar-refractivity contribution in [2.75, 3.05) is 7.11 Å². The normalized spacial score (nSPS) is 12.5. The van der Waals surface area contributed by atoms with Gasteiger partial charge in [0.05, 0.1) is 12.8 Å². The number of nitrogens with zero attached hydrogens (tertiary/aromatic N) is 2. The van der Waals surface area contributed by atoms with Crippen LogP contribution in [0.5, 0.6) is 17.4 Å². The molecule has 2 aromatic heterocycles. The van der Waals surface area contributed by atoms with E-state index < -0.39 is 0 Å².